The van der Waals surface area contributed by atoms with Crippen LogP contribution in [-0.4, -0.2) is 29.1 Å². The summed E-state index contributed by atoms with van der Waals surface area (Å²) >= 11 is 0. The van der Waals surface area contributed by atoms with E-state index < -0.39 is 6.04 Å². The van der Waals surface area contributed by atoms with Crippen molar-refractivity contribution in [2.75, 3.05) is 13.2 Å². The van der Waals surface area contributed by atoms with Crippen molar-refractivity contribution in [2.45, 2.75) is 38.6 Å². The highest BCUT2D eigenvalue weighted by atomic mass is 16.3. The molecule has 1 N–H and O–H groups in total. The molecule has 0 aliphatic carbocycles. The molecule has 0 radical (unpaired) electrons. The number of hydrogen-bond donors (Lipinski definition) is 1. The normalized spacial score (nSPS) is 16.5. The lowest BCUT2D eigenvalue weighted by molar-refractivity contribution is 0.0716. The molecule has 0 unspecified atom stereocenters. The lowest BCUT2D eigenvalue weighted by Crippen LogP contribution is -2.31. The van der Waals surface area contributed by atoms with Crippen LogP contribution in [0.25, 0.3) is 11.0 Å². The number of para-hydroxylation sites is 1. The van der Waals surface area contributed by atoms with E-state index in [4.69, 9.17) is 4.42 Å². The molecule has 0 saturated carbocycles. The van der Waals surface area contributed by atoms with Gasteiger partial charge in [0.15, 0.2) is 5.43 Å². The first-order valence-corrected chi connectivity index (χ1v) is 9.91. The maximum Gasteiger partial charge on any atom is 0.290 e. The lowest BCUT2D eigenvalue weighted by atomic mass is 9.86. The van der Waals surface area contributed by atoms with Gasteiger partial charge in [0.1, 0.15) is 5.58 Å². The number of aliphatic hydroxyl groups is 1. The minimum atomic E-state index is -0.515. The zero-order valence-corrected chi connectivity index (χ0v) is 16.9. The molecule has 5 heteroatoms. The van der Waals surface area contributed by atoms with Gasteiger partial charge in [0.25, 0.3) is 5.91 Å². The van der Waals surface area contributed by atoms with Crippen molar-refractivity contribution >= 4 is 16.9 Å². The summed E-state index contributed by atoms with van der Waals surface area (Å²) in [5, 5.41) is 9.77. The average molecular weight is 391 g/mol. The van der Waals surface area contributed by atoms with Crippen LogP contribution >= 0.6 is 0 Å². The predicted octanol–water partition coefficient (Wildman–Crippen LogP) is 4.02. The molecule has 5 nitrogen and oxygen atoms in total. The Bertz CT molecular complexity index is 1120. The largest absolute Gasteiger partial charge is 0.450 e. The predicted molar refractivity (Wildman–Crippen MR) is 112 cm³/mol. The third-order valence-corrected chi connectivity index (χ3v) is 5.52. The second-order valence-corrected chi connectivity index (χ2v) is 8.52. The van der Waals surface area contributed by atoms with E-state index in [1.54, 1.807) is 29.2 Å². The van der Waals surface area contributed by atoms with Crippen molar-refractivity contribution in [2.24, 2.45) is 0 Å². The number of benzene rings is 2. The molecule has 0 saturated heterocycles. The number of fused-ring (bicyclic) bond motifs is 2. The summed E-state index contributed by atoms with van der Waals surface area (Å²) in [5.41, 5.74) is 2.68. The van der Waals surface area contributed by atoms with Crippen LogP contribution < -0.4 is 5.43 Å². The number of aliphatic hydroxyl groups excluding tert-OH is 1. The molecule has 29 heavy (non-hydrogen) atoms. The maximum absolute atomic E-state index is 13.3. The van der Waals surface area contributed by atoms with Gasteiger partial charge in [-0.2, -0.15) is 0 Å². The van der Waals surface area contributed by atoms with E-state index in [1.165, 1.54) is 5.56 Å². The lowest BCUT2D eigenvalue weighted by Gasteiger charge is -2.26. The molecule has 1 aliphatic rings. The van der Waals surface area contributed by atoms with E-state index in [1.807, 2.05) is 24.3 Å². The Hall–Kier alpha value is -2.92. The summed E-state index contributed by atoms with van der Waals surface area (Å²) in [6, 6.07) is 14.5. The summed E-state index contributed by atoms with van der Waals surface area (Å²) < 4.78 is 5.88. The summed E-state index contributed by atoms with van der Waals surface area (Å²) in [7, 11) is 0. The van der Waals surface area contributed by atoms with Crippen LogP contribution in [0.1, 0.15) is 60.5 Å². The van der Waals surface area contributed by atoms with Crippen molar-refractivity contribution in [1.82, 2.24) is 4.90 Å². The van der Waals surface area contributed by atoms with Crippen LogP contribution in [-0.2, 0) is 5.41 Å². The summed E-state index contributed by atoms with van der Waals surface area (Å²) in [4.78, 5) is 28.1. The van der Waals surface area contributed by atoms with Gasteiger partial charge in [-0.1, -0.05) is 57.2 Å². The third kappa shape index (κ3) is 3.25. The second-order valence-electron chi connectivity index (χ2n) is 8.52. The first kappa shape index (κ1) is 19.4. The minimum Gasteiger partial charge on any atom is -0.450 e. The number of nitrogens with zero attached hydrogens (tertiary/aromatic N) is 1. The Kier molecular flexibility index (Phi) is 4.79. The molecule has 1 amide bonds. The van der Waals surface area contributed by atoms with Gasteiger partial charge in [0, 0.05) is 13.2 Å². The highest BCUT2D eigenvalue weighted by Crippen LogP contribution is 2.38. The zero-order valence-electron chi connectivity index (χ0n) is 16.9. The molecule has 4 rings (SSSR count). The Morgan fingerprint density at radius 3 is 2.38 bits per heavy atom. The first-order valence-electron chi connectivity index (χ1n) is 9.91. The van der Waals surface area contributed by atoms with E-state index in [0.29, 0.717) is 29.5 Å². The van der Waals surface area contributed by atoms with Crippen molar-refractivity contribution < 1.29 is 14.3 Å². The molecular weight excluding hydrogens is 366 g/mol. The fraction of sp³-hybridized carbons (Fsp3) is 0.333. The summed E-state index contributed by atoms with van der Waals surface area (Å²) in [5.74, 6) is -0.197. The van der Waals surface area contributed by atoms with Gasteiger partial charge >= 0.3 is 0 Å². The van der Waals surface area contributed by atoms with Crippen molar-refractivity contribution in [1.29, 1.82) is 0 Å². The van der Waals surface area contributed by atoms with Crippen LogP contribution in [0.2, 0.25) is 0 Å². The van der Waals surface area contributed by atoms with Gasteiger partial charge in [-0.05, 0) is 35.1 Å². The fourth-order valence-electron chi connectivity index (χ4n) is 3.95. The average Bonchev–Trinajstić information content (AvgIpc) is 2.98. The summed E-state index contributed by atoms with van der Waals surface area (Å²) in [6.07, 6.45) is 0.435. The van der Waals surface area contributed by atoms with Gasteiger partial charge in [-0.15, -0.1) is 0 Å². The number of carbonyl (C=O) groups excluding carboxylic acids is 1. The third-order valence-electron chi connectivity index (χ3n) is 5.52. The maximum atomic E-state index is 13.3. The molecule has 0 bridgehead atoms. The monoisotopic (exact) mass is 391 g/mol. The first-order chi connectivity index (χ1) is 13.8. The number of hydrogen-bond acceptors (Lipinski definition) is 4. The Morgan fingerprint density at radius 1 is 1.03 bits per heavy atom. The van der Waals surface area contributed by atoms with Crippen LogP contribution in [0.4, 0.5) is 0 Å². The van der Waals surface area contributed by atoms with Crippen LogP contribution in [0.5, 0.6) is 0 Å². The van der Waals surface area contributed by atoms with E-state index >= 15 is 0 Å². The van der Waals surface area contributed by atoms with Crippen LogP contribution in [0.15, 0.2) is 57.7 Å². The standard InChI is InChI=1S/C24H25NO4/c1-24(2,3)16-11-9-15(10-12-16)20-19-21(27)17-7-4-5-8-18(17)29-22(19)23(28)25(20)13-6-14-26/h4-5,7-12,20,26H,6,13-14H2,1-3H3/t20-/m1/s1. The second kappa shape index (κ2) is 7.16. The fourth-order valence-corrected chi connectivity index (χ4v) is 3.95. The number of rotatable bonds is 4. The van der Waals surface area contributed by atoms with Crippen LogP contribution in [0, 0.1) is 0 Å². The van der Waals surface area contributed by atoms with E-state index in [0.717, 1.165) is 5.56 Å². The molecule has 2 heterocycles. The molecular formula is C24H25NO4. The molecule has 1 aliphatic heterocycles. The van der Waals surface area contributed by atoms with Gasteiger partial charge in [0.2, 0.25) is 5.76 Å². The van der Waals surface area contributed by atoms with Gasteiger partial charge in [0.05, 0.1) is 17.0 Å². The Balaban J connectivity index is 1.90. The number of amides is 1. The van der Waals surface area contributed by atoms with Crippen LogP contribution in [0.3, 0.4) is 0 Å². The van der Waals surface area contributed by atoms with E-state index in [-0.39, 0.29) is 29.1 Å². The topological polar surface area (TPSA) is 70.8 Å². The highest BCUT2D eigenvalue weighted by Gasteiger charge is 2.42. The molecule has 3 aromatic rings. The van der Waals surface area contributed by atoms with E-state index in [2.05, 4.69) is 20.8 Å². The van der Waals surface area contributed by atoms with Gasteiger partial charge in [-0.25, -0.2) is 0 Å². The molecule has 1 atom stereocenters. The molecule has 150 valence electrons. The molecule has 0 spiro atoms. The van der Waals surface area contributed by atoms with Gasteiger partial charge in [-0.3, -0.25) is 9.59 Å². The molecule has 1 aromatic heterocycles. The Labute approximate surface area is 169 Å². The van der Waals surface area contributed by atoms with Crippen molar-refractivity contribution in [3.63, 3.8) is 0 Å². The SMILES string of the molecule is CC(C)(C)c1ccc([C@@H]2c3c(oc4ccccc4c3=O)C(=O)N2CCCO)cc1. The molecule has 0 fully saturated rings. The smallest absolute Gasteiger partial charge is 0.290 e. The van der Waals surface area contributed by atoms with Crippen molar-refractivity contribution in [3.8, 4) is 0 Å². The van der Waals surface area contributed by atoms with Gasteiger partial charge < -0.3 is 14.4 Å². The number of carbonyl (C=O) groups is 1. The molecule has 2 aromatic carbocycles. The zero-order chi connectivity index (χ0) is 20.8. The van der Waals surface area contributed by atoms with E-state index in [9.17, 15) is 14.7 Å². The summed E-state index contributed by atoms with van der Waals surface area (Å²) in [6.45, 7) is 6.75. The van der Waals surface area contributed by atoms with Crippen molar-refractivity contribution in [3.05, 3.63) is 81.2 Å². The minimum absolute atomic E-state index is 0.00768. The Morgan fingerprint density at radius 2 is 1.72 bits per heavy atom. The quantitative estimate of drug-likeness (QED) is 0.729. The highest BCUT2D eigenvalue weighted by molar-refractivity contribution is 5.99.